The summed E-state index contributed by atoms with van der Waals surface area (Å²) in [6.07, 6.45) is 2.07. The van der Waals surface area contributed by atoms with E-state index in [0.29, 0.717) is 11.5 Å². The maximum atomic E-state index is 13.4. The van der Waals surface area contributed by atoms with Gasteiger partial charge in [0.2, 0.25) is 0 Å². The highest BCUT2D eigenvalue weighted by Crippen LogP contribution is 2.29. The number of nitrogens with zero attached hydrogens (tertiary/aromatic N) is 5. The van der Waals surface area contributed by atoms with Gasteiger partial charge < -0.3 is 10.2 Å². The van der Waals surface area contributed by atoms with Gasteiger partial charge in [0, 0.05) is 13.0 Å². The Bertz CT molecular complexity index is 972. The molecular weight excluding hydrogens is 349 g/mol. The topological polar surface area (TPSA) is 75.4 Å². The number of imidazole rings is 1. The lowest BCUT2D eigenvalue weighted by atomic mass is 10.3. The van der Waals surface area contributed by atoms with Crippen LogP contribution < -0.4 is 10.2 Å². The molecule has 10 heteroatoms. The van der Waals surface area contributed by atoms with Crippen LogP contribution in [0.15, 0.2) is 36.7 Å². The predicted molar refractivity (Wildman–Crippen MR) is 86.9 cm³/mol. The first-order valence-electron chi connectivity index (χ1n) is 7.82. The number of fused-ring (bicyclic) bond motifs is 1. The fraction of sp³-hybridized carbons (Fsp3) is 0.250. The van der Waals surface area contributed by atoms with Crippen molar-refractivity contribution in [3.63, 3.8) is 0 Å². The van der Waals surface area contributed by atoms with E-state index in [9.17, 15) is 18.0 Å². The Kier molecular flexibility index (Phi) is 3.74. The van der Waals surface area contributed by atoms with Crippen LogP contribution in [0.1, 0.15) is 16.9 Å². The molecule has 1 fully saturated rings. The predicted octanol–water partition coefficient (Wildman–Crippen LogP) is 2.36. The van der Waals surface area contributed by atoms with Gasteiger partial charge in [0.25, 0.3) is 11.8 Å². The van der Waals surface area contributed by atoms with E-state index in [-0.39, 0.29) is 24.5 Å². The molecule has 0 unspecified atom stereocenters. The minimum atomic E-state index is -2.75. The molecule has 3 aromatic rings. The fourth-order valence-electron chi connectivity index (χ4n) is 2.75. The number of hydrogen-bond acceptors (Lipinski definition) is 5. The highest BCUT2D eigenvalue weighted by molar-refractivity contribution is 6.02. The first-order chi connectivity index (χ1) is 12.4. The zero-order valence-corrected chi connectivity index (χ0v) is 13.4. The van der Waals surface area contributed by atoms with Gasteiger partial charge in [-0.2, -0.15) is 0 Å². The average Bonchev–Trinajstić information content (AvgIpc) is 3.19. The second-order valence-corrected chi connectivity index (χ2v) is 5.95. The van der Waals surface area contributed by atoms with E-state index in [2.05, 4.69) is 20.4 Å². The zero-order chi connectivity index (χ0) is 18.3. The molecule has 0 atom stereocenters. The molecule has 26 heavy (non-hydrogen) atoms. The molecular formula is C16H13F3N6O. The van der Waals surface area contributed by atoms with E-state index >= 15 is 0 Å². The van der Waals surface area contributed by atoms with Crippen molar-refractivity contribution in [3.05, 3.63) is 48.2 Å². The van der Waals surface area contributed by atoms with Crippen molar-refractivity contribution in [1.29, 1.82) is 0 Å². The van der Waals surface area contributed by atoms with Crippen molar-refractivity contribution < 1.29 is 18.0 Å². The monoisotopic (exact) mass is 362 g/mol. The molecule has 0 aliphatic carbocycles. The maximum Gasteiger partial charge on any atom is 0.277 e. The van der Waals surface area contributed by atoms with Crippen molar-refractivity contribution in [2.75, 3.05) is 23.3 Å². The molecule has 1 aliphatic rings. The Morgan fingerprint density at radius 3 is 2.69 bits per heavy atom. The summed E-state index contributed by atoms with van der Waals surface area (Å²) in [5, 5.41) is 6.78. The van der Waals surface area contributed by atoms with Gasteiger partial charge in [-0.15, -0.1) is 5.10 Å². The number of alkyl halides is 2. The van der Waals surface area contributed by atoms with Gasteiger partial charge >= 0.3 is 0 Å². The van der Waals surface area contributed by atoms with Crippen molar-refractivity contribution in [3.8, 4) is 0 Å². The van der Waals surface area contributed by atoms with E-state index < -0.39 is 24.2 Å². The molecule has 0 bridgehead atoms. The Morgan fingerprint density at radius 1 is 1.15 bits per heavy atom. The zero-order valence-electron chi connectivity index (χ0n) is 13.4. The summed E-state index contributed by atoms with van der Waals surface area (Å²) < 4.78 is 41.0. The summed E-state index contributed by atoms with van der Waals surface area (Å²) in [5.74, 6) is -3.32. The number of anilines is 2. The summed E-state index contributed by atoms with van der Waals surface area (Å²) in [6.45, 7) is -0.234. The number of amides is 1. The summed E-state index contributed by atoms with van der Waals surface area (Å²) in [5.41, 5.74) is 0.510. The third-order valence-electron chi connectivity index (χ3n) is 4.04. The number of carbonyl (C=O) groups excluding carboxylic acids is 1. The Labute approximate surface area is 145 Å². The van der Waals surface area contributed by atoms with Crippen LogP contribution >= 0.6 is 0 Å². The van der Waals surface area contributed by atoms with E-state index in [1.165, 1.54) is 27.7 Å². The quantitative estimate of drug-likeness (QED) is 0.774. The van der Waals surface area contributed by atoms with Crippen LogP contribution in [0.25, 0.3) is 5.65 Å². The summed E-state index contributed by atoms with van der Waals surface area (Å²) in [6, 6.07) is 5.68. The van der Waals surface area contributed by atoms with Gasteiger partial charge in [-0.05, 0) is 24.3 Å². The highest BCUT2D eigenvalue weighted by atomic mass is 19.3. The van der Waals surface area contributed by atoms with Gasteiger partial charge in [0.05, 0.1) is 18.9 Å². The largest absolute Gasteiger partial charge is 0.349 e. The number of halogens is 3. The van der Waals surface area contributed by atoms with E-state index in [0.717, 1.165) is 6.20 Å². The van der Waals surface area contributed by atoms with Crippen molar-refractivity contribution >= 4 is 23.2 Å². The number of pyridine rings is 1. The number of nitrogens with one attached hydrogen (secondary N) is 1. The van der Waals surface area contributed by atoms with E-state index in [1.807, 2.05) is 0 Å². The van der Waals surface area contributed by atoms with Gasteiger partial charge in [0.15, 0.2) is 11.3 Å². The normalized spacial score (nSPS) is 16.2. The molecule has 3 aromatic heterocycles. The van der Waals surface area contributed by atoms with Crippen LogP contribution in [-0.4, -0.2) is 44.5 Å². The van der Waals surface area contributed by atoms with Gasteiger partial charge in [-0.25, -0.2) is 27.7 Å². The average molecular weight is 362 g/mol. The smallest absolute Gasteiger partial charge is 0.277 e. The lowest BCUT2D eigenvalue weighted by Crippen LogP contribution is -2.26. The SMILES string of the molecule is O=C(Nc1ccc(F)cn1)c1cnc2ccc(N3CCC(F)(F)C3)nn12. The molecule has 1 amide bonds. The molecule has 1 aliphatic heterocycles. The van der Waals surface area contributed by atoms with Crippen LogP contribution in [0, 0.1) is 5.82 Å². The number of hydrogen-bond donors (Lipinski definition) is 1. The molecule has 0 aromatic carbocycles. The Hall–Kier alpha value is -3.17. The van der Waals surface area contributed by atoms with Crippen LogP contribution in [0.2, 0.25) is 0 Å². The highest BCUT2D eigenvalue weighted by Gasteiger charge is 2.38. The molecule has 7 nitrogen and oxygen atoms in total. The molecule has 4 heterocycles. The summed E-state index contributed by atoms with van der Waals surface area (Å²) >= 11 is 0. The third-order valence-corrected chi connectivity index (χ3v) is 4.04. The summed E-state index contributed by atoms with van der Waals surface area (Å²) in [7, 11) is 0. The summed E-state index contributed by atoms with van der Waals surface area (Å²) in [4.78, 5) is 21.7. The lowest BCUT2D eigenvalue weighted by Gasteiger charge is -2.17. The molecule has 0 saturated carbocycles. The van der Waals surface area contributed by atoms with Crippen LogP contribution in [0.4, 0.5) is 24.8 Å². The second-order valence-electron chi connectivity index (χ2n) is 5.95. The molecule has 1 saturated heterocycles. The number of carbonyl (C=O) groups is 1. The second kappa shape index (κ2) is 5.97. The molecule has 134 valence electrons. The van der Waals surface area contributed by atoms with Crippen LogP contribution in [0.3, 0.4) is 0 Å². The van der Waals surface area contributed by atoms with Crippen LogP contribution in [-0.2, 0) is 0 Å². The number of aromatic nitrogens is 4. The van der Waals surface area contributed by atoms with E-state index in [1.54, 1.807) is 12.1 Å². The first kappa shape index (κ1) is 16.3. The Morgan fingerprint density at radius 2 is 2.00 bits per heavy atom. The minimum absolute atomic E-state index is 0.110. The Balaban J connectivity index is 1.62. The van der Waals surface area contributed by atoms with Gasteiger partial charge in [-0.1, -0.05) is 0 Å². The lowest BCUT2D eigenvalue weighted by molar-refractivity contribution is 0.0256. The van der Waals surface area contributed by atoms with Crippen molar-refractivity contribution in [2.24, 2.45) is 0 Å². The van der Waals surface area contributed by atoms with Gasteiger partial charge in [0.1, 0.15) is 17.5 Å². The first-order valence-corrected chi connectivity index (χ1v) is 7.82. The molecule has 0 radical (unpaired) electrons. The maximum absolute atomic E-state index is 13.4. The fourth-order valence-corrected chi connectivity index (χ4v) is 2.75. The third kappa shape index (κ3) is 3.05. The van der Waals surface area contributed by atoms with Gasteiger partial charge in [-0.3, -0.25) is 4.79 Å². The number of rotatable bonds is 3. The molecule has 4 rings (SSSR count). The van der Waals surface area contributed by atoms with E-state index in [4.69, 9.17) is 0 Å². The van der Waals surface area contributed by atoms with Crippen molar-refractivity contribution in [1.82, 2.24) is 19.6 Å². The molecule has 0 spiro atoms. The van der Waals surface area contributed by atoms with Crippen LogP contribution in [0.5, 0.6) is 0 Å². The molecule has 1 N–H and O–H groups in total. The minimum Gasteiger partial charge on any atom is -0.349 e. The van der Waals surface area contributed by atoms with Crippen molar-refractivity contribution in [2.45, 2.75) is 12.3 Å². The standard InChI is InChI=1S/C16H13F3N6O/c17-10-1-2-12(20-7-10)22-15(26)11-8-21-13-3-4-14(23-25(11)13)24-6-5-16(18,19)9-24/h1-4,7-8H,5-6,9H2,(H,20,22,26).